The molecule has 1 aromatic heterocycles. The number of aliphatic carboxylic acids is 1. The molecular formula is C17H12Cl2N2O4. The molecule has 6 nitrogen and oxygen atoms in total. The van der Waals surface area contributed by atoms with Gasteiger partial charge in [-0.15, -0.1) is 0 Å². The van der Waals surface area contributed by atoms with Crippen molar-refractivity contribution in [2.24, 2.45) is 0 Å². The molecule has 128 valence electrons. The molecule has 25 heavy (non-hydrogen) atoms. The number of carbonyl (C=O) groups excluding carboxylic acids is 1. The highest BCUT2D eigenvalue weighted by atomic mass is 35.5. The molecular weight excluding hydrogens is 367 g/mol. The van der Waals surface area contributed by atoms with Gasteiger partial charge in [-0.1, -0.05) is 35.3 Å². The van der Waals surface area contributed by atoms with Gasteiger partial charge in [-0.25, -0.2) is 4.98 Å². The minimum absolute atomic E-state index is 0.123. The molecule has 0 spiro atoms. The summed E-state index contributed by atoms with van der Waals surface area (Å²) in [4.78, 5) is 26.8. The highest BCUT2D eigenvalue weighted by molar-refractivity contribution is 6.42. The summed E-state index contributed by atoms with van der Waals surface area (Å²) in [6.45, 7) is 0. The van der Waals surface area contributed by atoms with Crippen molar-refractivity contribution in [3.05, 3.63) is 56.8 Å². The Kier molecular flexibility index (Phi) is 5.97. The van der Waals surface area contributed by atoms with Gasteiger partial charge < -0.3 is 10.2 Å². The van der Waals surface area contributed by atoms with Crippen molar-refractivity contribution in [1.82, 2.24) is 4.98 Å². The van der Waals surface area contributed by atoms with Crippen LogP contribution in [0.4, 0.5) is 0 Å². The van der Waals surface area contributed by atoms with E-state index in [0.717, 1.165) is 0 Å². The maximum Gasteiger partial charge on any atom is 0.303 e. The Bertz CT molecular complexity index is 891. The summed E-state index contributed by atoms with van der Waals surface area (Å²) in [6, 6.07) is 8.19. The molecule has 0 aliphatic rings. The van der Waals surface area contributed by atoms with Crippen molar-refractivity contribution < 1.29 is 19.8 Å². The minimum Gasteiger partial charge on any atom is -0.504 e. The predicted molar refractivity (Wildman–Crippen MR) is 91.1 cm³/mol. The van der Waals surface area contributed by atoms with Crippen LogP contribution in [0.1, 0.15) is 40.2 Å². The van der Waals surface area contributed by atoms with Crippen LogP contribution >= 0.6 is 23.2 Å². The number of halogens is 2. The lowest BCUT2D eigenvalue weighted by atomic mass is 10.0. The van der Waals surface area contributed by atoms with Gasteiger partial charge in [0.15, 0.2) is 11.5 Å². The number of aromatic nitrogens is 1. The number of aromatic hydroxyl groups is 1. The van der Waals surface area contributed by atoms with Crippen LogP contribution in [0.25, 0.3) is 0 Å². The van der Waals surface area contributed by atoms with Crippen molar-refractivity contribution >= 4 is 35.0 Å². The summed E-state index contributed by atoms with van der Waals surface area (Å²) >= 11 is 12.1. The van der Waals surface area contributed by atoms with Crippen LogP contribution in [-0.4, -0.2) is 26.9 Å². The molecule has 0 atom stereocenters. The fourth-order valence-electron chi connectivity index (χ4n) is 2.18. The van der Waals surface area contributed by atoms with E-state index in [1.54, 1.807) is 24.3 Å². The fourth-order valence-corrected chi connectivity index (χ4v) is 2.57. The summed E-state index contributed by atoms with van der Waals surface area (Å²) in [7, 11) is 0. The zero-order valence-corrected chi connectivity index (χ0v) is 14.3. The van der Waals surface area contributed by atoms with Crippen LogP contribution in [0.5, 0.6) is 5.75 Å². The van der Waals surface area contributed by atoms with Crippen molar-refractivity contribution in [2.45, 2.75) is 19.3 Å². The molecule has 0 aliphatic carbocycles. The third-order valence-corrected chi connectivity index (χ3v) is 4.26. The minimum atomic E-state index is -1.14. The number of nitriles is 1. The molecule has 0 bridgehead atoms. The van der Waals surface area contributed by atoms with Crippen molar-refractivity contribution in [3.8, 4) is 11.8 Å². The second-order valence-corrected chi connectivity index (χ2v) is 5.96. The molecule has 2 rings (SSSR count). The van der Waals surface area contributed by atoms with Gasteiger partial charge in [0.2, 0.25) is 0 Å². The van der Waals surface area contributed by atoms with E-state index >= 15 is 0 Å². The molecule has 0 unspecified atom stereocenters. The number of ketones is 1. The largest absolute Gasteiger partial charge is 0.504 e. The fraction of sp³-hybridized carbons (Fsp3) is 0.176. The van der Waals surface area contributed by atoms with Crippen molar-refractivity contribution in [3.63, 3.8) is 0 Å². The maximum atomic E-state index is 12.1. The Morgan fingerprint density at radius 3 is 2.60 bits per heavy atom. The van der Waals surface area contributed by atoms with Crippen LogP contribution in [0.15, 0.2) is 24.3 Å². The van der Waals surface area contributed by atoms with E-state index < -0.39 is 23.9 Å². The molecule has 2 N–H and O–H groups in total. The molecule has 8 heteroatoms. The topological polar surface area (TPSA) is 111 Å². The predicted octanol–water partition coefficient (Wildman–Crippen LogP) is 3.60. The molecule has 0 amide bonds. The van der Waals surface area contributed by atoms with Gasteiger partial charge >= 0.3 is 5.97 Å². The lowest BCUT2D eigenvalue weighted by Crippen LogP contribution is -2.09. The number of benzene rings is 1. The first-order chi connectivity index (χ1) is 11.8. The quantitative estimate of drug-likeness (QED) is 0.742. The van der Waals surface area contributed by atoms with E-state index in [1.165, 1.54) is 6.07 Å². The highest BCUT2D eigenvalue weighted by Crippen LogP contribution is 2.29. The third-order valence-electron chi connectivity index (χ3n) is 3.40. The summed E-state index contributed by atoms with van der Waals surface area (Å²) in [5, 5.41) is 28.5. The smallest absolute Gasteiger partial charge is 0.303 e. The second kappa shape index (κ2) is 7.97. The van der Waals surface area contributed by atoms with Crippen LogP contribution in [-0.2, 0) is 11.2 Å². The lowest BCUT2D eigenvalue weighted by molar-refractivity contribution is -0.136. The van der Waals surface area contributed by atoms with E-state index in [9.17, 15) is 14.7 Å². The number of carboxylic acid groups (broad SMARTS) is 1. The zero-order chi connectivity index (χ0) is 18.6. The molecule has 0 fully saturated rings. The first-order valence-corrected chi connectivity index (χ1v) is 7.90. The van der Waals surface area contributed by atoms with Crippen LogP contribution < -0.4 is 0 Å². The van der Waals surface area contributed by atoms with Gasteiger partial charge in [0.25, 0.3) is 0 Å². The average molecular weight is 379 g/mol. The highest BCUT2D eigenvalue weighted by Gasteiger charge is 2.20. The maximum absolute atomic E-state index is 12.1. The Hall–Kier alpha value is -2.62. The third kappa shape index (κ3) is 4.47. The van der Waals surface area contributed by atoms with Gasteiger partial charge in [-0.2, -0.15) is 5.26 Å². The number of carbonyl (C=O) groups is 2. The molecule has 1 heterocycles. The number of hydrogen-bond donors (Lipinski definition) is 2. The number of nitrogens with zero attached hydrogens (tertiary/aromatic N) is 2. The van der Waals surface area contributed by atoms with Crippen LogP contribution in [0.3, 0.4) is 0 Å². The van der Waals surface area contributed by atoms with Gasteiger partial charge in [0.1, 0.15) is 11.8 Å². The molecule has 0 saturated carbocycles. The lowest BCUT2D eigenvalue weighted by Gasteiger charge is -2.09. The van der Waals surface area contributed by atoms with Gasteiger partial charge in [0, 0.05) is 18.5 Å². The average Bonchev–Trinajstić information content (AvgIpc) is 2.58. The van der Waals surface area contributed by atoms with E-state index in [4.69, 9.17) is 33.6 Å². The number of Topliss-reactive ketones (excluding diaryl/α,β-unsaturated/α-hetero) is 1. The van der Waals surface area contributed by atoms with E-state index in [-0.39, 0.29) is 24.1 Å². The zero-order valence-electron chi connectivity index (χ0n) is 12.8. The summed E-state index contributed by atoms with van der Waals surface area (Å²) in [5.41, 5.74) is 0.521. The molecule has 2 aromatic rings. The van der Waals surface area contributed by atoms with Crippen LogP contribution in [0, 0.1) is 11.3 Å². The Morgan fingerprint density at radius 1 is 1.24 bits per heavy atom. The Morgan fingerprint density at radius 2 is 1.96 bits per heavy atom. The number of rotatable bonds is 6. The summed E-state index contributed by atoms with van der Waals surface area (Å²) in [5.74, 6) is -2.36. The Balaban J connectivity index is 2.41. The molecule has 0 aliphatic heterocycles. The van der Waals surface area contributed by atoms with Gasteiger partial charge in [-0.3, -0.25) is 9.59 Å². The SMILES string of the molecule is N#Cc1cc(Cc2cccc(Cl)c2Cl)nc(C(=O)CCC(=O)O)c1O. The number of carboxylic acids is 1. The molecule has 0 radical (unpaired) electrons. The first kappa shape index (κ1) is 18.7. The summed E-state index contributed by atoms with van der Waals surface area (Å²) < 4.78 is 0. The first-order valence-electron chi connectivity index (χ1n) is 7.14. The second-order valence-electron chi connectivity index (χ2n) is 5.18. The Labute approximate surface area is 153 Å². The monoisotopic (exact) mass is 378 g/mol. The van der Waals surface area contributed by atoms with Gasteiger partial charge in [-0.05, 0) is 17.7 Å². The van der Waals surface area contributed by atoms with Gasteiger partial charge in [0.05, 0.1) is 22.0 Å². The normalized spacial score (nSPS) is 10.3. The molecule has 1 aromatic carbocycles. The summed E-state index contributed by atoms with van der Waals surface area (Å²) in [6.07, 6.45) is -0.540. The van der Waals surface area contributed by atoms with E-state index in [1.807, 2.05) is 0 Å². The molecule has 0 saturated heterocycles. The van der Waals surface area contributed by atoms with E-state index in [2.05, 4.69) is 4.98 Å². The number of pyridine rings is 1. The standard InChI is InChI=1S/C17H12Cl2N2O4/c18-12-3-1-2-9(15(12)19)6-11-7-10(8-20)17(25)16(21-11)13(22)4-5-14(23)24/h1-3,7,25H,4-6H2,(H,23,24). The van der Waals surface area contributed by atoms with Crippen molar-refractivity contribution in [1.29, 1.82) is 5.26 Å². The number of hydrogen-bond acceptors (Lipinski definition) is 5. The van der Waals surface area contributed by atoms with Crippen molar-refractivity contribution in [2.75, 3.05) is 0 Å². The van der Waals surface area contributed by atoms with E-state index in [0.29, 0.717) is 21.3 Å². The van der Waals surface area contributed by atoms with Crippen LogP contribution in [0.2, 0.25) is 10.0 Å².